The van der Waals surface area contributed by atoms with Crippen molar-refractivity contribution in [3.8, 4) is 0 Å². The average molecular weight is 421 g/mol. The minimum atomic E-state index is -0.410. The molecule has 0 aromatic carbocycles. The highest BCUT2D eigenvalue weighted by Crippen LogP contribution is 2.67. The second kappa shape index (κ2) is 7.88. The Morgan fingerprint density at radius 1 is 1.17 bits per heavy atom. The summed E-state index contributed by atoms with van der Waals surface area (Å²) >= 11 is 0. The number of aliphatic hydroxyl groups is 2. The van der Waals surface area contributed by atoms with Crippen LogP contribution in [0.1, 0.15) is 78.6 Å². The van der Waals surface area contributed by atoms with Crippen molar-refractivity contribution in [1.29, 1.82) is 0 Å². The van der Waals surface area contributed by atoms with Crippen molar-refractivity contribution in [2.24, 2.45) is 46.3 Å². The van der Waals surface area contributed by atoms with Crippen LogP contribution in [-0.4, -0.2) is 41.3 Å². The summed E-state index contributed by atoms with van der Waals surface area (Å²) in [7, 11) is 1.43. The molecule has 0 aliphatic heterocycles. The van der Waals surface area contributed by atoms with E-state index in [1.54, 1.807) is 0 Å². The van der Waals surface area contributed by atoms with E-state index in [0.29, 0.717) is 36.9 Å². The maximum absolute atomic E-state index is 13.4. The SMILES string of the molecule is COC(=O)CC[C@@H](C)[C@H]1CCC2[C@@H]3C(=O)C[C@@H]4C[C@H](O)CC[C@]4(C)C3C[C@H](O)[C@@]21C. The van der Waals surface area contributed by atoms with Gasteiger partial charge in [-0.3, -0.25) is 9.59 Å². The lowest BCUT2D eigenvalue weighted by Gasteiger charge is -2.61. The van der Waals surface area contributed by atoms with Gasteiger partial charge in [-0.05, 0) is 80.0 Å². The van der Waals surface area contributed by atoms with E-state index in [4.69, 9.17) is 4.74 Å². The van der Waals surface area contributed by atoms with Crippen LogP contribution in [0, 0.1) is 46.3 Å². The maximum Gasteiger partial charge on any atom is 0.305 e. The van der Waals surface area contributed by atoms with Gasteiger partial charge < -0.3 is 14.9 Å². The van der Waals surface area contributed by atoms with Crippen molar-refractivity contribution in [2.75, 3.05) is 7.11 Å². The van der Waals surface area contributed by atoms with Crippen molar-refractivity contribution in [1.82, 2.24) is 0 Å². The van der Waals surface area contributed by atoms with Gasteiger partial charge in [0.2, 0.25) is 0 Å². The molecule has 0 aromatic rings. The number of Topliss-reactive ketones (excluding diaryl/α,β-unsaturated/α-hetero) is 1. The molecular formula is C25H40O5. The third-order valence-corrected chi connectivity index (χ3v) is 10.3. The predicted octanol–water partition coefficient (Wildman–Crippen LogP) is 3.75. The number of hydrogen-bond donors (Lipinski definition) is 2. The lowest BCUT2D eigenvalue weighted by molar-refractivity contribution is -0.182. The zero-order valence-corrected chi connectivity index (χ0v) is 19.1. The number of ketones is 1. The Morgan fingerprint density at radius 3 is 2.60 bits per heavy atom. The molecule has 2 N–H and O–H groups in total. The number of carbonyl (C=O) groups excluding carboxylic acids is 2. The molecule has 4 aliphatic rings. The Morgan fingerprint density at radius 2 is 1.90 bits per heavy atom. The molecule has 10 atom stereocenters. The molecule has 5 nitrogen and oxygen atoms in total. The Labute approximate surface area is 180 Å². The van der Waals surface area contributed by atoms with Gasteiger partial charge in [0, 0.05) is 24.2 Å². The molecule has 0 aromatic heterocycles. The molecule has 30 heavy (non-hydrogen) atoms. The molecule has 5 heteroatoms. The van der Waals surface area contributed by atoms with Gasteiger partial charge in [-0.1, -0.05) is 20.8 Å². The van der Waals surface area contributed by atoms with Crippen molar-refractivity contribution < 1.29 is 24.5 Å². The minimum Gasteiger partial charge on any atom is -0.469 e. The summed E-state index contributed by atoms with van der Waals surface area (Å²) in [6, 6.07) is 0. The molecule has 0 saturated heterocycles. The molecule has 0 radical (unpaired) electrons. The Balaban J connectivity index is 1.59. The zero-order chi connectivity index (χ0) is 21.8. The number of fused-ring (bicyclic) bond motifs is 5. The van der Waals surface area contributed by atoms with Crippen molar-refractivity contribution in [3.05, 3.63) is 0 Å². The second-order valence-corrected chi connectivity index (χ2v) is 11.4. The highest BCUT2D eigenvalue weighted by Gasteiger charge is 2.65. The molecular weight excluding hydrogens is 380 g/mol. The first-order valence-corrected chi connectivity index (χ1v) is 12.1. The largest absolute Gasteiger partial charge is 0.469 e. The second-order valence-electron chi connectivity index (χ2n) is 11.4. The minimum absolute atomic E-state index is 0.0488. The number of rotatable bonds is 4. The van der Waals surface area contributed by atoms with Crippen LogP contribution in [-0.2, 0) is 14.3 Å². The van der Waals surface area contributed by atoms with E-state index in [2.05, 4.69) is 20.8 Å². The first-order valence-electron chi connectivity index (χ1n) is 12.1. The molecule has 170 valence electrons. The topological polar surface area (TPSA) is 83.8 Å². The van der Waals surface area contributed by atoms with E-state index < -0.39 is 6.10 Å². The van der Waals surface area contributed by atoms with E-state index in [-0.39, 0.29) is 46.6 Å². The molecule has 4 rings (SSSR count). The molecule has 4 fully saturated rings. The van der Waals surface area contributed by atoms with Gasteiger partial charge in [0.1, 0.15) is 5.78 Å². The predicted molar refractivity (Wildman–Crippen MR) is 113 cm³/mol. The molecule has 2 unspecified atom stereocenters. The fraction of sp³-hybridized carbons (Fsp3) is 0.920. The highest BCUT2D eigenvalue weighted by molar-refractivity contribution is 5.83. The number of carbonyl (C=O) groups is 2. The lowest BCUT2D eigenvalue weighted by atomic mass is 9.43. The third-order valence-electron chi connectivity index (χ3n) is 10.3. The van der Waals surface area contributed by atoms with Crippen LogP contribution in [0.25, 0.3) is 0 Å². The van der Waals surface area contributed by atoms with Gasteiger partial charge >= 0.3 is 5.97 Å². The summed E-state index contributed by atoms with van der Waals surface area (Å²) in [4.78, 5) is 25.1. The van der Waals surface area contributed by atoms with Gasteiger partial charge in [0.15, 0.2) is 0 Å². The highest BCUT2D eigenvalue weighted by atomic mass is 16.5. The average Bonchev–Trinajstić information content (AvgIpc) is 3.06. The lowest BCUT2D eigenvalue weighted by Crippen LogP contribution is -2.61. The van der Waals surface area contributed by atoms with E-state index in [0.717, 1.165) is 38.5 Å². The number of hydrogen-bond acceptors (Lipinski definition) is 5. The van der Waals surface area contributed by atoms with E-state index in [1.165, 1.54) is 7.11 Å². The zero-order valence-electron chi connectivity index (χ0n) is 19.1. The summed E-state index contributed by atoms with van der Waals surface area (Å²) in [6.45, 7) is 6.74. The van der Waals surface area contributed by atoms with Crippen molar-refractivity contribution in [2.45, 2.75) is 90.8 Å². The van der Waals surface area contributed by atoms with Gasteiger partial charge in [-0.15, -0.1) is 0 Å². The van der Waals surface area contributed by atoms with Crippen LogP contribution in [0.4, 0.5) is 0 Å². The van der Waals surface area contributed by atoms with Crippen LogP contribution < -0.4 is 0 Å². The number of methoxy groups -OCH3 is 1. The Hall–Kier alpha value is -0.940. The normalized spacial score (nSPS) is 49.0. The number of aliphatic hydroxyl groups excluding tert-OH is 2. The van der Waals surface area contributed by atoms with Crippen molar-refractivity contribution >= 4 is 11.8 Å². The van der Waals surface area contributed by atoms with Gasteiger partial charge in [-0.2, -0.15) is 0 Å². The maximum atomic E-state index is 13.4. The fourth-order valence-electron chi connectivity index (χ4n) is 8.49. The summed E-state index contributed by atoms with van der Waals surface area (Å²) in [5, 5.41) is 21.7. The summed E-state index contributed by atoms with van der Waals surface area (Å²) in [6.07, 6.45) is 6.32. The van der Waals surface area contributed by atoms with Crippen LogP contribution in [0.3, 0.4) is 0 Å². The standard InChI is InChI=1S/C25H40O5/c1-14(5-8-22(29)30-4)17-6-7-18-23-19(13-21(28)25(17,18)3)24(2)10-9-16(26)11-15(24)12-20(23)27/h14-19,21,23,26,28H,5-13H2,1-4H3/t14-,15+,16-,17-,18?,19?,21+,23+,24+,25-/m1/s1. The molecule has 0 bridgehead atoms. The van der Waals surface area contributed by atoms with E-state index in [1.807, 2.05) is 0 Å². The molecule has 4 aliphatic carbocycles. The smallest absolute Gasteiger partial charge is 0.305 e. The van der Waals surface area contributed by atoms with Crippen LogP contribution in [0.5, 0.6) is 0 Å². The number of ether oxygens (including phenoxy) is 1. The first kappa shape index (κ1) is 22.3. The van der Waals surface area contributed by atoms with Crippen LogP contribution in [0.2, 0.25) is 0 Å². The van der Waals surface area contributed by atoms with E-state index >= 15 is 0 Å². The van der Waals surface area contributed by atoms with Gasteiger partial charge in [-0.25, -0.2) is 0 Å². The quantitative estimate of drug-likeness (QED) is 0.677. The van der Waals surface area contributed by atoms with Crippen LogP contribution >= 0.6 is 0 Å². The Bertz CT molecular complexity index is 691. The van der Waals surface area contributed by atoms with E-state index in [9.17, 15) is 19.8 Å². The monoisotopic (exact) mass is 420 g/mol. The Kier molecular flexibility index (Phi) is 5.85. The fourth-order valence-corrected chi connectivity index (χ4v) is 8.49. The number of esters is 1. The van der Waals surface area contributed by atoms with Gasteiger partial charge in [0.05, 0.1) is 19.3 Å². The molecule has 0 heterocycles. The molecule has 4 saturated carbocycles. The third kappa shape index (κ3) is 3.26. The van der Waals surface area contributed by atoms with Crippen LogP contribution in [0.15, 0.2) is 0 Å². The first-order chi connectivity index (χ1) is 14.1. The van der Waals surface area contributed by atoms with Crippen molar-refractivity contribution in [3.63, 3.8) is 0 Å². The molecule has 0 spiro atoms. The summed E-state index contributed by atoms with van der Waals surface area (Å²) in [5.41, 5.74) is -0.210. The summed E-state index contributed by atoms with van der Waals surface area (Å²) in [5.74, 6) is 1.61. The molecule has 0 amide bonds. The summed E-state index contributed by atoms with van der Waals surface area (Å²) < 4.78 is 4.82. The van der Waals surface area contributed by atoms with Gasteiger partial charge in [0.25, 0.3) is 0 Å².